The van der Waals surface area contributed by atoms with Crippen molar-refractivity contribution in [2.75, 3.05) is 5.32 Å². The minimum Gasteiger partial charge on any atom is -0.406 e. The second kappa shape index (κ2) is 8.60. The summed E-state index contributed by atoms with van der Waals surface area (Å²) in [5.74, 6) is 0.180. The van der Waals surface area contributed by atoms with Crippen LogP contribution >= 0.6 is 0 Å². The predicted molar refractivity (Wildman–Crippen MR) is 105 cm³/mol. The highest BCUT2D eigenvalue weighted by Crippen LogP contribution is 2.26. The molecule has 0 fully saturated rings. The fourth-order valence-corrected chi connectivity index (χ4v) is 3.45. The number of ether oxygens (including phenoxy) is 1. The minimum atomic E-state index is -4.73. The van der Waals surface area contributed by atoms with E-state index in [2.05, 4.69) is 20.0 Å². The van der Waals surface area contributed by atoms with Crippen molar-refractivity contribution in [2.45, 2.75) is 30.4 Å². The van der Waals surface area contributed by atoms with E-state index in [0.29, 0.717) is 17.2 Å². The maximum Gasteiger partial charge on any atom is 0.573 e. The van der Waals surface area contributed by atoms with Gasteiger partial charge in [-0.25, -0.2) is 9.97 Å². The van der Waals surface area contributed by atoms with E-state index in [9.17, 15) is 17.4 Å². The Bertz CT molecular complexity index is 991. The number of benzene rings is 2. The van der Waals surface area contributed by atoms with Crippen LogP contribution in [0.3, 0.4) is 0 Å². The molecule has 152 valence electrons. The molecular weight excluding hydrogens is 403 g/mol. The molecule has 1 heterocycles. The average molecular weight is 421 g/mol. The van der Waals surface area contributed by atoms with Crippen molar-refractivity contribution in [2.24, 2.45) is 0 Å². The largest absolute Gasteiger partial charge is 0.573 e. The van der Waals surface area contributed by atoms with Crippen LogP contribution in [0.4, 0.5) is 24.7 Å². The quantitative estimate of drug-likeness (QED) is 0.585. The molecule has 3 aromatic rings. The number of hydrogen-bond acceptors (Lipinski definition) is 5. The standard InChI is InChI=1S/C20H18F3N3O2S/c1-13(2)29(27)17-9-3-14(4-10-17)18-11-19(25-12-24-18)26-15-5-7-16(8-6-15)28-20(21,22)23/h3-13H,1-2H3,(H,24,25,26). The van der Waals surface area contributed by atoms with Crippen LogP contribution in [0.1, 0.15) is 13.8 Å². The highest BCUT2D eigenvalue weighted by molar-refractivity contribution is 7.85. The highest BCUT2D eigenvalue weighted by Gasteiger charge is 2.30. The van der Waals surface area contributed by atoms with Crippen LogP contribution in [0, 0.1) is 0 Å². The van der Waals surface area contributed by atoms with Crippen molar-refractivity contribution in [1.29, 1.82) is 0 Å². The van der Waals surface area contributed by atoms with E-state index in [1.165, 1.54) is 30.6 Å². The Morgan fingerprint density at radius 1 is 1.00 bits per heavy atom. The van der Waals surface area contributed by atoms with Crippen LogP contribution in [0.25, 0.3) is 11.3 Å². The van der Waals surface area contributed by atoms with Gasteiger partial charge in [0.15, 0.2) is 0 Å². The zero-order valence-corrected chi connectivity index (χ0v) is 16.4. The Labute approximate surface area is 168 Å². The Morgan fingerprint density at radius 3 is 2.24 bits per heavy atom. The Kier molecular flexibility index (Phi) is 6.17. The summed E-state index contributed by atoms with van der Waals surface area (Å²) < 4.78 is 52.7. The van der Waals surface area contributed by atoms with E-state index in [0.717, 1.165) is 10.5 Å². The van der Waals surface area contributed by atoms with Gasteiger partial charge in [-0.3, -0.25) is 4.21 Å². The molecule has 5 nitrogen and oxygen atoms in total. The number of halogens is 3. The lowest BCUT2D eigenvalue weighted by atomic mass is 10.1. The van der Waals surface area contributed by atoms with Gasteiger partial charge in [0, 0.05) is 27.5 Å². The predicted octanol–water partition coefficient (Wildman–Crippen LogP) is 5.30. The molecule has 1 atom stereocenters. The molecule has 0 amide bonds. The van der Waals surface area contributed by atoms with Crippen LogP contribution in [-0.2, 0) is 10.8 Å². The molecular formula is C20H18F3N3O2S. The first kappa shape index (κ1) is 20.8. The smallest absolute Gasteiger partial charge is 0.406 e. The van der Waals surface area contributed by atoms with Crippen molar-refractivity contribution in [1.82, 2.24) is 9.97 Å². The molecule has 0 aliphatic rings. The molecule has 0 radical (unpaired) electrons. The molecule has 0 saturated heterocycles. The molecule has 0 bridgehead atoms. The van der Waals surface area contributed by atoms with Crippen molar-refractivity contribution in [3.8, 4) is 17.0 Å². The van der Waals surface area contributed by atoms with Gasteiger partial charge in [-0.2, -0.15) is 0 Å². The van der Waals surface area contributed by atoms with Gasteiger partial charge in [-0.1, -0.05) is 26.0 Å². The summed E-state index contributed by atoms with van der Waals surface area (Å²) in [7, 11) is -1.07. The van der Waals surface area contributed by atoms with E-state index in [-0.39, 0.29) is 11.0 Å². The first-order valence-corrected chi connectivity index (χ1v) is 9.88. The van der Waals surface area contributed by atoms with Gasteiger partial charge >= 0.3 is 6.36 Å². The van der Waals surface area contributed by atoms with Gasteiger partial charge in [0.1, 0.15) is 17.9 Å². The molecule has 9 heteroatoms. The normalized spacial score (nSPS) is 12.6. The summed E-state index contributed by atoms with van der Waals surface area (Å²) >= 11 is 0. The van der Waals surface area contributed by atoms with Gasteiger partial charge in [0.25, 0.3) is 0 Å². The zero-order chi connectivity index (χ0) is 21.0. The van der Waals surface area contributed by atoms with Gasteiger partial charge in [0.05, 0.1) is 16.5 Å². The number of anilines is 2. The van der Waals surface area contributed by atoms with Crippen molar-refractivity contribution < 1.29 is 22.1 Å². The summed E-state index contributed by atoms with van der Waals surface area (Å²) in [6.45, 7) is 3.79. The van der Waals surface area contributed by atoms with Crippen molar-refractivity contribution in [3.63, 3.8) is 0 Å². The topological polar surface area (TPSA) is 64.1 Å². The lowest BCUT2D eigenvalue weighted by Gasteiger charge is -2.11. The number of aromatic nitrogens is 2. The molecule has 29 heavy (non-hydrogen) atoms. The fourth-order valence-electron chi connectivity index (χ4n) is 2.50. The Morgan fingerprint density at radius 2 is 1.66 bits per heavy atom. The van der Waals surface area contributed by atoms with E-state index < -0.39 is 17.2 Å². The molecule has 0 spiro atoms. The van der Waals surface area contributed by atoms with Crippen molar-refractivity contribution >= 4 is 22.3 Å². The third-order valence-corrected chi connectivity index (χ3v) is 5.43. The third-order valence-electron chi connectivity index (χ3n) is 3.84. The molecule has 1 aromatic heterocycles. The van der Waals surface area contributed by atoms with Gasteiger partial charge in [0.2, 0.25) is 0 Å². The highest BCUT2D eigenvalue weighted by atomic mass is 32.2. The molecule has 1 unspecified atom stereocenters. The number of hydrogen-bond donors (Lipinski definition) is 1. The van der Waals surface area contributed by atoms with Crippen LogP contribution in [0.5, 0.6) is 5.75 Å². The van der Waals surface area contributed by atoms with Crippen molar-refractivity contribution in [3.05, 3.63) is 60.9 Å². The molecule has 3 rings (SSSR count). The van der Waals surface area contributed by atoms with Crippen LogP contribution in [0.2, 0.25) is 0 Å². The van der Waals surface area contributed by atoms with Gasteiger partial charge in [-0.15, -0.1) is 13.2 Å². The van der Waals surface area contributed by atoms with Gasteiger partial charge < -0.3 is 10.1 Å². The maximum absolute atomic E-state index is 12.2. The van der Waals surface area contributed by atoms with E-state index in [1.807, 2.05) is 26.0 Å². The second-order valence-electron chi connectivity index (χ2n) is 6.36. The summed E-state index contributed by atoms with van der Waals surface area (Å²) in [6.07, 6.45) is -3.34. The first-order chi connectivity index (χ1) is 13.7. The van der Waals surface area contributed by atoms with Crippen LogP contribution < -0.4 is 10.1 Å². The maximum atomic E-state index is 12.2. The number of alkyl halides is 3. The summed E-state index contributed by atoms with van der Waals surface area (Å²) in [5.41, 5.74) is 2.03. The second-order valence-corrected chi connectivity index (χ2v) is 8.37. The SMILES string of the molecule is CC(C)S(=O)c1ccc(-c2cc(Nc3ccc(OC(F)(F)F)cc3)ncn2)cc1. The Balaban J connectivity index is 1.73. The first-order valence-electron chi connectivity index (χ1n) is 8.67. The summed E-state index contributed by atoms with van der Waals surface area (Å²) in [6, 6.07) is 14.3. The number of nitrogens with one attached hydrogen (secondary N) is 1. The lowest BCUT2D eigenvalue weighted by molar-refractivity contribution is -0.274. The molecule has 2 aromatic carbocycles. The summed E-state index contributed by atoms with van der Waals surface area (Å²) in [5, 5.41) is 3.04. The fraction of sp³-hybridized carbons (Fsp3) is 0.200. The summed E-state index contributed by atoms with van der Waals surface area (Å²) in [4.78, 5) is 9.12. The van der Waals surface area contributed by atoms with Crippen LogP contribution in [0.15, 0.2) is 65.8 Å². The number of rotatable bonds is 6. The Hall–Kier alpha value is -2.94. The average Bonchev–Trinajstić information content (AvgIpc) is 2.68. The zero-order valence-electron chi connectivity index (χ0n) is 15.6. The van der Waals surface area contributed by atoms with E-state index >= 15 is 0 Å². The van der Waals surface area contributed by atoms with Crippen LogP contribution in [-0.4, -0.2) is 25.8 Å². The van der Waals surface area contributed by atoms with Gasteiger partial charge in [-0.05, 0) is 36.4 Å². The third kappa shape index (κ3) is 5.77. The molecule has 0 aliphatic carbocycles. The lowest BCUT2D eigenvalue weighted by Crippen LogP contribution is -2.16. The molecule has 0 saturated carbocycles. The van der Waals surface area contributed by atoms with E-state index in [4.69, 9.17) is 0 Å². The van der Waals surface area contributed by atoms with E-state index in [1.54, 1.807) is 18.2 Å². The molecule has 1 N–H and O–H groups in total. The minimum absolute atomic E-state index is 0.0311. The monoisotopic (exact) mass is 421 g/mol. The number of nitrogens with zero attached hydrogens (tertiary/aromatic N) is 2. The molecule has 0 aliphatic heterocycles.